The molecule has 27 heavy (non-hydrogen) atoms. The molecular weight excluding hydrogens is 354 g/mol. The minimum Gasteiger partial charge on any atom is -0.315 e. The SMILES string of the molecule is CCC(C)(C)[C@@H]1CCc2c(sc(NC(=O)CN3CCC(C)CC3)c2C#N)C1. The highest BCUT2D eigenvalue weighted by Gasteiger charge is 2.34. The van der Waals surface area contributed by atoms with Crippen molar-refractivity contribution >= 4 is 22.2 Å². The molecule has 0 aromatic carbocycles. The average molecular weight is 388 g/mol. The van der Waals surface area contributed by atoms with E-state index in [1.54, 1.807) is 11.3 Å². The van der Waals surface area contributed by atoms with E-state index >= 15 is 0 Å². The summed E-state index contributed by atoms with van der Waals surface area (Å²) in [4.78, 5) is 16.1. The van der Waals surface area contributed by atoms with E-state index in [0.717, 1.165) is 43.3 Å². The van der Waals surface area contributed by atoms with Gasteiger partial charge in [-0.25, -0.2) is 0 Å². The number of piperidine rings is 1. The van der Waals surface area contributed by atoms with E-state index in [2.05, 4.69) is 44.0 Å². The van der Waals surface area contributed by atoms with Crippen molar-refractivity contribution in [2.45, 2.75) is 66.2 Å². The third kappa shape index (κ3) is 4.55. The van der Waals surface area contributed by atoms with Gasteiger partial charge < -0.3 is 5.32 Å². The van der Waals surface area contributed by atoms with Crippen molar-refractivity contribution in [3.63, 3.8) is 0 Å². The molecule has 1 saturated heterocycles. The molecular formula is C22H33N3OS. The first-order valence-corrected chi connectivity index (χ1v) is 11.2. The van der Waals surface area contributed by atoms with Crippen molar-refractivity contribution in [3.8, 4) is 6.07 Å². The number of rotatable bonds is 5. The molecule has 0 saturated carbocycles. The van der Waals surface area contributed by atoms with Crippen LogP contribution in [0.1, 0.15) is 69.4 Å². The molecule has 0 radical (unpaired) electrons. The molecule has 2 heterocycles. The Morgan fingerprint density at radius 1 is 1.33 bits per heavy atom. The Balaban J connectivity index is 1.68. The lowest BCUT2D eigenvalue weighted by Crippen LogP contribution is -2.38. The Kier molecular flexibility index (Phi) is 6.28. The normalized spacial score (nSPS) is 21.5. The maximum absolute atomic E-state index is 12.6. The highest BCUT2D eigenvalue weighted by molar-refractivity contribution is 7.16. The highest BCUT2D eigenvalue weighted by Crippen LogP contribution is 2.45. The predicted octanol–water partition coefficient (Wildman–Crippen LogP) is 4.83. The van der Waals surface area contributed by atoms with Crippen LogP contribution in [-0.2, 0) is 17.6 Å². The molecule has 5 heteroatoms. The topological polar surface area (TPSA) is 56.1 Å². The first-order chi connectivity index (χ1) is 12.8. The number of nitriles is 1. The highest BCUT2D eigenvalue weighted by atomic mass is 32.1. The lowest BCUT2D eigenvalue weighted by Gasteiger charge is -2.36. The number of carbonyl (C=O) groups excluding carboxylic acids is 1. The van der Waals surface area contributed by atoms with E-state index in [0.29, 0.717) is 23.4 Å². The van der Waals surface area contributed by atoms with Gasteiger partial charge in [0.25, 0.3) is 0 Å². The van der Waals surface area contributed by atoms with Crippen LogP contribution < -0.4 is 5.32 Å². The zero-order valence-electron chi connectivity index (χ0n) is 17.2. The van der Waals surface area contributed by atoms with Crippen LogP contribution in [0.2, 0.25) is 0 Å². The molecule has 1 amide bonds. The summed E-state index contributed by atoms with van der Waals surface area (Å²) >= 11 is 1.63. The van der Waals surface area contributed by atoms with Gasteiger partial charge in [-0.3, -0.25) is 9.69 Å². The van der Waals surface area contributed by atoms with Crippen LogP contribution in [0.4, 0.5) is 5.00 Å². The van der Waals surface area contributed by atoms with Crippen LogP contribution in [0.5, 0.6) is 0 Å². The fourth-order valence-electron chi connectivity index (χ4n) is 4.34. The number of anilines is 1. The molecule has 1 N–H and O–H groups in total. The molecule has 3 rings (SSSR count). The summed E-state index contributed by atoms with van der Waals surface area (Å²) in [6, 6.07) is 2.37. The zero-order chi connectivity index (χ0) is 19.6. The Bertz CT molecular complexity index is 723. The Hall–Kier alpha value is -1.38. The van der Waals surface area contributed by atoms with Gasteiger partial charge in [-0.1, -0.05) is 34.1 Å². The van der Waals surface area contributed by atoms with Crippen molar-refractivity contribution in [3.05, 3.63) is 16.0 Å². The molecule has 2 aliphatic rings. The van der Waals surface area contributed by atoms with E-state index in [1.165, 1.54) is 29.7 Å². The molecule has 1 fully saturated rings. The maximum Gasteiger partial charge on any atom is 0.239 e. The predicted molar refractivity (Wildman–Crippen MR) is 112 cm³/mol. The first kappa shape index (κ1) is 20.4. The van der Waals surface area contributed by atoms with Crippen molar-refractivity contribution < 1.29 is 4.79 Å². The summed E-state index contributed by atoms with van der Waals surface area (Å²) in [6.45, 7) is 11.7. The average Bonchev–Trinajstić information content (AvgIpc) is 2.99. The summed E-state index contributed by atoms with van der Waals surface area (Å²) in [5.74, 6) is 1.43. The molecule has 0 unspecified atom stereocenters. The first-order valence-electron chi connectivity index (χ1n) is 10.4. The van der Waals surface area contributed by atoms with Crippen molar-refractivity contribution in [1.82, 2.24) is 4.90 Å². The summed E-state index contributed by atoms with van der Waals surface area (Å²) in [5, 5.41) is 13.5. The van der Waals surface area contributed by atoms with Gasteiger partial charge >= 0.3 is 0 Å². The zero-order valence-corrected chi connectivity index (χ0v) is 18.0. The van der Waals surface area contributed by atoms with E-state index in [1.807, 2.05) is 0 Å². The van der Waals surface area contributed by atoms with Crippen molar-refractivity contribution in [1.29, 1.82) is 5.26 Å². The van der Waals surface area contributed by atoms with E-state index in [9.17, 15) is 10.1 Å². The fourth-order valence-corrected chi connectivity index (χ4v) is 5.63. The van der Waals surface area contributed by atoms with Crippen LogP contribution in [0, 0.1) is 28.6 Å². The maximum atomic E-state index is 12.6. The van der Waals surface area contributed by atoms with Crippen molar-refractivity contribution in [2.75, 3.05) is 25.0 Å². The number of fused-ring (bicyclic) bond motifs is 1. The molecule has 4 nitrogen and oxygen atoms in total. The molecule has 0 bridgehead atoms. The van der Waals surface area contributed by atoms with Crippen molar-refractivity contribution in [2.24, 2.45) is 17.3 Å². The van der Waals surface area contributed by atoms with Gasteiger partial charge in [0, 0.05) is 4.88 Å². The molecule has 1 atom stereocenters. The number of thiophene rings is 1. The van der Waals surface area contributed by atoms with E-state index < -0.39 is 0 Å². The van der Waals surface area contributed by atoms with Crippen LogP contribution in [0.3, 0.4) is 0 Å². The molecule has 1 aliphatic heterocycles. The number of hydrogen-bond acceptors (Lipinski definition) is 4. The van der Waals surface area contributed by atoms with Crippen LogP contribution in [0.15, 0.2) is 0 Å². The number of carbonyl (C=O) groups is 1. The smallest absolute Gasteiger partial charge is 0.239 e. The fraction of sp³-hybridized carbons (Fsp3) is 0.727. The molecule has 148 valence electrons. The summed E-state index contributed by atoms with van der Waals surface area (Å²) < 4.78 is 0. The van der Waals surface area contributed by atoms with E-state index in [4.69, 9.17) is 0 Å². The quantitative estimate of drug-likeness (QED) is 0.787. The number of likely N-dealkylation sites (tertiary alicyclic amines) is 1. The molecule has 1 aromatic heterocycles. The van der Waals surface area contributed by atoms with Crippen LogP contribution in [0.25, 0.3) is 0 Å². The Labute approximate surface area is 167 Å². The van der Waals surface area contributed by atoms with Crippen LogP contribution in [-0.4, -0.2) is 30.4 Å². The van der Waals surface area contributed by atoms with Gasteiger partial charge in [0.1, 0.15) is 11.1 Å². The Morgan fingerprint density at radius 2 is 2.04 bits per heavy atom. The lowest BCUT2D eigenvalue weighted by molar-refractivity contribution is -0.117. The number of nitrogens with zero attached hydrogens (tertiary/aromatic N) is 2. The van der Waals surface area contributed by atoms with Gasteiger partial charge in [-0.2, -0.15) is 5.26 Å². The minimum atomic E-state index is 0.0186. The largest absolute Gasteiger partial charge is 0.315 e. The second kappa shape index (κ2) is 8.32. The third-order valence-electron chi connectivity index (χ3n) is 6.89. The molecule has 1 aliphatic carbocycles. The second-order valence-electron chi connectivity index (χ2n) is 9.11. The van der Waals surface area contributed by atoms with Gasteiger partial charge in [-0.15, -0.1) is 11.3 Å². The molecule has 0 spiro atoms. The van der Waals surface area contributed by atoms with Gasteiger partial charge in [-0.05, 0) is 68.0 Å². The lowest BCUT2D eigenvalue weighted by atomic mass is 9.69. The monoisotopic (exact) mass is 387 g/mol. The minimum absolute atomic E-state index is 0.0186. The summed E-state index contributed by atoms with van der Waals surface area (Å²) in [5.41, 5.74) is 2.22. The number of nitrogens with one attached hydrogen (secondary N) is 1. The number of hydrogen-bond donors (Lipinski definition) is 1. The number of amides is 1. The molecule has 1 aromatic rings. The van der Waals surface area contributed by atoms with Gasteiger partial charge in [0.15, 0.2) is 0 Å². The van der Waals surface area contributed by atoms with Gasteiger partial charge in [0.05, 0.1) is 12.1 Å². The second-order valence-corrected chi connectivity index (χ2v) is 10.2. The third-order valence-corrected chi connectivity index (χ3v) is 8.06. The summed E-state index contributed by atoms with van der Waals surface area (Å²) in [6.07, 6.45) is 6.63. The van der Waals surface area contributed by atoms with Crippen LogP contribution >= 0.6 is 11.3 Å². The van der Waals surface area contributed by atoms with E-state index in [-0.39, 0.29) is 5.91 Å². The summed E-state index contributed by atoms with van der Waals surface area (Å²) in [7, 11) is 0. The standard InChI is InChI=1S/C22H33N3OS/c1-5-22(3,4)16-6-7-17-18(13-23)21(27-19(17)12-16)24-20(26)14-25-10-8-15(2)9-11-25/h15-16H,5-12,14H2,1-4H3,(H,24,26)/t16-/m1/s1. The van der Waals surface area contributed by atoms with Gasteiger partial charge in [0.2, 0.25) is 5.91 Å². The Morgan fingerprint density at radius 3 is 2.67 bits per heavy atom.